The lowest BCUT2D eigenvalue weighted by Gasteiger charge is -2.36. The summed E-state index contributed by atoms with van der Waals surface area (Å²) in [4.78, 5) is 42.9. The van der Waals surface area contributed by atoms with Crippen LogP contribution in [0.15, 0.2) is 41.8 Å². The van der Waals surface area contributed by atoms with Crippen LogP contribution in [0.4, 0.5) is 4.79 Å². The lowest BCUT2D eigenvalue weighted by Crippen LogP contribution is -2.42. The molecule has 2 aromatic heterocycles. The van der Waals surface area contributed by atoms with Crippen LogP contribution < -0.4 is 11.1 Å². The third-order valence-electron chi connectivity index (χ3n) is 6.40. The Kier molecular flexibility index (Phi) is 6.76. The fourth-order valence-corrected chi connectivity index (χ4v) is 5.09. The van der Waals surface area contributed by atoms with Gasteiger partial charge in [0.15, 0.2) is 6.10 Å². The predicted molar refractivity (Wildman–Crippen MR) is 138 cm³/mol. The minimum Gasteiger partial charge on any atom is -0.449 e. The van der Waals surface area contributed by atoms with E-state index < -0.39 is 24.0 Å². The SMILES string of the molecule is CC(OC(=O)c1c2c(nc3ccccc13)C(=Cc1cccs1)CC(C(C)(C)C)C2)C(=O)NC(N)=O. The van der Waals surface area contributed by atoms with E-state index in [1.165, 1.54) is 6.92 Å². The highest BCUT2D eigenvalue weighted by Gasteiger charge is 2.36. The van der Waals surface area contributed by atoms with Crippen molar-refractivity contribution in [3.8, 4) is 0 Å². The van der Waals surface area contributed by atoms with E-state index in [1.807, 2.05) is 41.0 Å². The number of rotatable bonds is 4. The molecule has 3 amide bonds. The lowest BCUT2D eigenvalue weighted by molar-refractivity contribution is -0.127. The van der Waals surface area contributed by atoms with E-state index in [-0.39, 0.29) is 11.3 Å². The number of hydrogen-bond acceptors (Lipinski definition) is 6. The summed E-state index contributed by atoms with van der Waals surface area (Å²) in [5.74, 6) is -1.13. The van der Waals surface area contributed by atoms with Gasteiger partial charge in [0.25, 0.3) is 5.91 Å². The third kappa shape index (κ3) is 5.27. The Balaban J connectivity index is 1.87. The molecule has 182 valence electrons. The number of ether oxygens (including phenoxy) is 1. The van der Waals surface area contributed by atoms with Gasteiger partial charge in [-0.1, -0.05) is 45.0 Å². The van der Waals surface area contributed by atoms with Gasteiger partial charge in [0.1, 0.15) is 0 Å². The quantitative estimate of drug-likeness (QED) is 0.488. The van der Waals surface area contributed by atoms with Crippen molar-refractivity contribution in [3.63, 3.8) is 0 Å². The van der Waals surface area contributed by atoms with E-state index in [0.29, 0.717) is 22.9 Å². The van der Waals surface area contributed by atoms with Crippen molar-refractivity contribution >= 4 is 51.8 Å². The van der Waals surface area contributed by atoms with E-state index in [4.69, 9.17) is 15.5 Å². The van der Waals surface area contributed by atoms with E-state index in [9.17, 15) is 14.4 Å². The van der Waals surface area contributed by atoms with E-state index in [0.717, 1.165) is 28.1 Å². The number of primary amides is 1. The Morgan fingerprint density at radius 3 is 2.57 bits per heavy atom. The van der Waals surface area contributed by atoms with E-state index in [1.54, 1.807) is 11.3 Å². The highest BCUT2D eigenvalue weighted by Crippen LogP contribution is 2.45. The number of fused-ring (bicyclic) bond motifs is 2. The fraction of sp³-hybridized carbons (Fsp3) is 0.333. The Morgan fingerprint density at radius 1 is 1.17 bits per heavy atom. The number of amides is 3. The molecule has 8 heteroatoms. The number of aromatic nitrogens is 1. The number of para-hydroxylation sites is 1. The number of imide groups is 1. The molecule has 0 fully saturated rings. The van der Waals surface area contributed by atoms with Gasteiger partial charge in [-0.25, -0.2) is 14.6 Å². The number of carbonyl (C=O) groups excluding carboxylic acids is 3. The maximum atomic E-state index is 13.5. The number of nitrogens with zero attached hydrogens (tertiary/aromatic N) is 1. The summed E-state index contributed by atoms with van der Waals surface area (Å²) in [6, 6.07) is 10.5. The number of carbonyl (C=O) groups is 3. The molecule has 3 aromatic rings. The number of nitrogens with one attached hydrogen (secondary N) is 1. The first-order chi connectivity index (χ1) is 16.5. The average Bonchev–Trinajstić information content (AvgIpc) is 3.29. The fourth-order valence-electron chi connectivity index (χ4n) is 4.41. The second kappa shape index (κ2) is 9.62. The van der Waals surface area contributed by atoms with Crippen LogP contribution in [-0.4, -0.2) is 29.0 Å². The number of hydrogen-bond donors (Lipinski definition) is 2. The van der Waals surface area contributed by atoms with Gasteiger partial charge >= 0.3 is 12.0 Å². The number of benzene rings is 1. The van der Waals surface area contributed by atoms with Crippen LogP contribution in [0.2, 0.25) is 0 Å². The Bertz CT molecular complexity index is 1320. The van der Waals surface area contributed by atoms with Gasteiger partial charge in [0.2, 0.25) is 0 Å². The Labute approximate surface area is 208 Å². The van der Waals surface area contributed by atoms with E-state index in [2.05, 4.69) is 32.9 Å². The van der Waals surface area contributed by atoms with Crippen LogP contribution in [-0.2, 0) is 16.0 Å². The van der Waals surface area contributed by atoms with Gasteiger partial charge in [0, 0.05) is 10.3 Å². The zero-order valence-electron chi connectivity index (χ0n) is 20.3. The lowest BCUT2D eigenvalue weighted by atomic mass is 9.69. The number of nitrogens with two attached hydrogens (primary N) is 1. The van der Waals surface area contributed by atoms with Gasteiger partial charge in [-0.2, -0.15) is 0 Å². The normalized spacial score (nSPS) is 17.6. The van der Waals surface area contributed by atoms with Crippen molar-refractivity contribution in [1.29, 1.82) is 0 Å². The van der Waals surface area contributed by atoms with Crippen molar-refractivity contribution in [2.24, 2.45) is 17.1 Å². The van der Waals surface area contributed by atoms with Crippen LogP contribution >= 0.6 is 11.3 Å². The minimum absolute atomic E-state index is 0.00624. The number of pyridine rings is 1. The topological polar surface area (TPSA) is 111 Å². The van der Waals surface area contributed by atoms with Crippen molar-refractivity contribution in [1.82, 2.24) is 10.3 Å². The molecule has 1 aliphatic carbocycles. The smallest absolute Gasteiger partial charge is 0.339 e. The first-order valence-electron chi connectivity index (χ1n) is 11.5. The van der Waals surface area contributed by atoms with Crippen LogP contribution in [0.3, 0.4) is 0 Å². The highest BCUT2D eigenvalue weighted by atomic mass is 32.1. The summed E-state index contributed by atoms with van der Waals surface area (Å²) in [5, 5.41) is 4.66. The van der Waals surface area contributed by atoms with Crippen LogP contribution in [0.25, 0.3) is 22.6 Å². The van der Waals surface area contributed by atoms with E-state index >= 15 is 0 Å². The Morgan fingerprint density at radius 2 is 1.91 bits per heavy atom. The zero-order chi connectivity index (χ0) is 25.3. The number of urea groups is 1. The van der Waals surface area contributed by atoms with Crippen molar-refractivity contribution in [2.75, 3.05) is 0 Å². The molecule has 0 radical (unpaired) electrons. The highest BCUT2D eigenvalue weighted by molar-refractivity contribution is 7.10. The van der Waals surface area contributed by atoms with Gasteiger partial charge in [-0.15, -0.1) is 11.3 Å². The second-order valence-corrected chi connectivity index (χ2v) is 10.9. The maximum absolute atomic E-state index is 13.5. The molecule has 4 rings (SSSR count). The van der Waals surface area contributed by atoms with Gasteiger partial charge < -0.3 is 10.5 Å². The predicted octanol–water partition coefficient (Wildman–Crippen LogP) is 5.19. The molecule has 35 heavy (non-hydrogen) atoms. The molecule has 0 aliphatic heterocycles. The molecule has 7 nitrogen and oxygen atoms in total. The van der Waals surface area contributed by atoms with Gasteiger partial charge in [-0.3, -0.25) is 10.1 Å². The summed E-state index contributed by atoms with van der Waals surface area (Å²) >= 11 is 1.65. The molecule has 2 heterocycles. The second-order valence-electron chi connectivity index (χ2n) is 9.89. The molecule has 0 saturated heterocycles. The number of esters is 1. The monoisotopic (exact) mass is 491 g/mol. The maximum Gasteiger partial charge on any atom is 0.339 e. The summed E-state index contributed by atoms with van der Waals surface area (Å²) < 4.78 is 5.53. The average molecular weight is 492 g/mol. The summed E-state index contributed by atoms with van der Waals surface area (Å²) in [6.45, 7) is 8.02. The zero-order valence-corrected chi connectivity index (χ0v) is 21.1. The van der Waals surface area contributed by atoms with Crippen LogP contribution in [0.1, 0.15) is 60.6 Å². The molecule has 1 aromatic carbocycles. The molecule has 0 bridgehead atoms. The molecule has 2 atom stereocenters. The number of allylic oxidation sites excluding steroid dienone is 1. The molecule has 2 unspecified atom stereocenters. The van der Waals surface area contributed by atoms with Crippen molar-refractivity contribution < 1.29 is 19.1 Å². The summed E-state index contributed by atoms with van der Waals surface area (Å²) in [7, 11) is 0. The first kappa shape index (κ1) is 24.6. The first-order valence-corrected chi connectivity index (χ1v) is 12.4. The Hall–Kier alpha value is -3.52. The van der Waals surface area contributed by atoms with Gasteiger partial charge in [-0.05, 0) is 65.8 Å². The van der Waals surface area contributed by atoms with Crippen molar-refractivity contribution in [3.05, 3.63) is 63.5 Å². The molecule has 1 aliphatic rings. The summed E-state index contributed by atoms with van der Waals surface area (Å²) in [5.41, 5.74) is 8.82. The van der Waals surface area contributed by atoms with Gasteiger partial charge in [0.05, 0.1) is 16.8 Å². The largest absolute Gasteiger partial charge is 0.449 e. The van der Waals surface area contributed by atoms with Crippen molar-refractivity contribution in [2.45, 2.75) is 46.6 Å². The minimum atomic E-state index is -1.19. The molecule has 0 spiro atoms. The number of thiophene rings is 1. The third-order valence-corrected chi connectivity index (χ3v) is 7.22. The summed E-state index contributed by atoms with van der Waals surface area (Å²) in [6.07, 6.45) is 2.46. The molecular formula is C27H29N3O4S. The molecule has 3 N–H and O–H groups in total. The standard InChI is InChI=1S/C27H29N3O4S/c1-15(24(31)30-26(28)33)34-25(32)22-19-9-5-6-10-21(19)29-23-16(13-18-8-7-11-35-18)12-17(14-20(22)23)27(2,3)4/h5-11,13,15,17H,12,14H2,1-4H3,(H3,28,30,31,33). The van der Waals surface area contributed by atoms with Crippen LogP contribution in [0.5, 0.6) is 0 Å². The molecule has 0 saturated carbocycles. The van der Waals surface area contributed by atoms with Crippen LogP contribution in [0, 0.1) is 11.3 Å². The molecular weight excluding hydrogens is 462 g/mol.